The Morgan fingerprint density at radius 1 is 1.10 bits per heavy atom. The number of carbonyl (C=O) groups excluding carboxylic acids is 3. The number of methoxy groups -OCH3 is 1. The number of nitrogens with one attached hydrogen (secondary N) is 2. The zero-order valence-corrected chi connectivity index (χ0v) is 16.0. The largest absolute Gasteiger partial charge is 0.490 e. The second-order valence-corrected chi connectivity index (χ2v) is 6.04. The van der Waals surface area contributed by atoms with Gasteiger partial charge >= 0.3 is 17.7 Å². The number of nitrogens with zero attached hydrogens (tertiary/aromatic N) is 1. The van der Waals surface area contributed by atoms with Gasteiger partial charge in [-0.05, 0) is 37.6 Å². The number of hydrogen-bond acceptors (Lipinski definition) is 7. The molecule has 0 fully saturated rings. The van der Waals surface area contributed by atoms with Crippen molar-refractivity contribution in [3.63, 3.8) is 0 Å². The normalized spacial score (nSPS) is 10.0. The number of hydrogen-bond donors (Lipinski definition) is 2. The van der Waals surface area contributed by atoms with Crippen LogP contribution in [0.5, 0.6) is 5.75 Å². The molecule has 2 aromatic carbocycles. The van der Waals surface area contributed by atoms with Crippen LogP contribution in [0.1, 0.15) is 21.5 Å². The molecule has 2 rings (SSSR count). The summed E-state index contributed by atoms with van der Waals surface area (Å²) >= 11 is 0. The minimum Gasteiger partial charge on any atom is -0.490 e. The molecular weight excluding hydrogens is 382 g/mol. The van der Waals surface area contributed by atoms with E-state index in [1.165, 1.54) is 19.2 Å². The summed E-state index contributed by atoms with van der Waals surface area (Å²) in [7, 11) is 1.26. The summed E-state index contributed by atoms with van der Waals surface area (Å²) in [5.74, 6) is -1.84. The molecule has 0 radical (unpaired) electrons. The molecular formula is C19H19N3O7. The van der Waals surface area contributed by atoms with Crippen LogP contribution >= 0.6 is 0 Å². The van der Waals surface area contributed by atoms with E-state index in [9.17, 15) is 24.5 Å². The highest BCUT2D eigenvalue weighted by Crippen LogP contribution is 2.27. The van der Waals surface area contributed by atoms with Gasteiger partial charge in [-0.25, -0.2) is 9.59 Å². The zero-order valence-electron chi connectivity index (χ0n) is 16.0. The fourth-order valence-electron chi connectivity index (χ4n) is 2.44. The van der Waals surface area contributed by atoms with E-state index in [1.807, 2.05) is 18.3 Å². The second-order valence-electron chi connectivity index (χ2n) is 6.04. The second kappa shape index (κ2) is 9.31. The number of anilines is 1. The van der Waals surface area contributed by atoms with Gasteiger partial charge in [-0.1, -0.05) is 17.7 Å². The quantitative estimate of drug-likeness (QED) is 0.431. The topological polar surface area (TPSA) is 137 Å². The van der Waals surface area contributed by atoms with Gasteiger partial charge in [0, 0.05) is 11.8 Å². The lowest BCUT2D eigenvalue weighted by Crippen LogP contribution is -2.37. The van der Waals surface area contributed by atoms with E-state index in [4.69, 9.17) is 9.47 Å². The van der Waals surface area contributed by atoms with E-state index in [0.717, 1.165) is 17.2 Å². The van der Waals surface area contributed by atoms with E-state index >= 15 is 0 Å². The number of rotatable bonds is 6. The molecule has 2 aromatic rings. The fraction of sp³-hybridized carbons (Fsp3) is 0.211. The molecule has 152 valence electrons. The van der Waals surface area contributed by atoms with Crippen molar-refractivity contribution in [3.8, 4) is 5.75 Å². The number of nitro benzene ring substituents is 1. The average Bonchev–Trinajstić information content (AvgIpc) is 2.67. The highest BCUT2D eigenvalue weighted by atomic mass is 16.6. The first-order valence-electron chi connectivity index (χ1n) is 8.39. The number of aryl methyl sites for hydroxylation is 2. The molecule has 0 aromatic heterocycles. The Hall–Kier alpha value is -3.95. The van der Waals surface area contributed by atoms with Gasteiger partial charge in [-0.2, -0.15) is 0 Å². The highest BCUT2D eigenvalue weighted by molar-refractivity contribution is 6.02. The monoisotopic (exact) mass is 401 g/mol. The molecule has 29 heavy (non-hydrogen) atoms. The minimum absolute atomic E-state index is 0.0210. The van der Waals surface area contributed by atoms with Crippen molar-refractivity contribution < 1.29 is 28.8 Å². The molecule has 0 bridgehead atoms. The van der Waals surface area contributed by atoms with Crippen molar-refractivity contribution >= 4 is 29.3 Å². The lowest BCUT2D eigenvalue weighted by atomic mass is 10.1. The molecule has 0 aliphatic heterocycles. The highest BCUT2D eigenvalue weighted by Gasteiger charge is 2.20. The Kier molecular flexibility index (Phi) is 6.85. The van der Waals surface area contributed by atoms with Crippen molar-refractivity contribution in [1.82, 2.24) is 5.32 Å². The summed E-state index contributed by atoms with van der Waals surface area (Å²) in [6, 6.07) is 8.08. The van der Waals surface area contributed by atoms with Crippen LogP contribution in [0.15, 0.2) is 36.4 Å². The van der Waals surface area contributed by atoms with E-state index in [-0.39, 0.29) is 11.3 Å². The smallest absolute Gasteiger partial charge is 0.338 e. The van der Waals surface area contributed by atoms with Crippen LogP contribution < -0.4 is 15.4 Å². The van der Waals surface area contributed by atoms with Gasteiger partial charge < -0.3 is 14.8 Å². The molecule has 0 heterocycles. The third kappa shape index (κ3) is 5.76. The summed E-state index contributed by atoms with van der Waals surface area (Å²) in [6.07, 6.45) is 0. The number of carbonyl (C=O) groups is 3. The van der Waals surface area contributed by atoms with Crippen LogP contribution in [0.3, 0.4) is 0 Å². The van der Waals surface area contributed by atoms with E-state index in [2.05, 4.69) is 5.32 Å². The van der Waals surface area contributed by atoms with E-state index < -0.39 is 35.1 Å². The van der Waals surface area contributed by atoms with Crippen LogP contribution in [0.4, 0.5) is 16.2 Å². The number of nitro groups is 1. The molecule has 10 heteroatoms. The Labute approximate surface area is 166 Å². The molecule has 0 aliphatic carbocycles. The third-order valence-corrected chi connectivity index (χ3v) is 3.83. The van der Waals surface area contributed by atoms with Gasteiger partial charge in [0.2, 0.25) is 0 Å². The number of amides is 3. The molecule has 0 spiro atoms. The van der Waals surface area contributed by atoms with Gasteiger partial charge in [0.15, 0.2) is 12.4 Å². The SMILES string of the molecule is COc1ccc(C(=O)OCC(=O)NC(=O)Nc2ccc(C)cc2C)cc1[N+](=O)[O-]. The molecule has 10 nitrogen and oxygen atoms in total. The summed E-state index contributed by atoms with van der Waals surface area (Å²) in [5.41, 5.74) is 1.82. The summed E-state index contributed by atoms with van der Waals surface area (Å²) in [6.45, 7) is 2.98. The number of imide groups is 1. The summed E-state index contributed by atoms with van der Waals surface area (Å²) in [4.78, 5) is 46.0. The Morgan fingerprint density at radius 3 is 2.45 bits per heavy atom. The van der Waals surface area contributed by atoms with Crippen molar-refractivity contribution in [2.45, 2.75) is 13.8 Å². The van der Waals surface area contributed by atoms with Crippen molar-refractivity contribution in [2.75, 3.05) is 19.0 Å². The van der Waals surface area contributed by atoms with Crippen LogP contribution in [0.2, 0.25) is 0 Å². The van der Waals surface area contributed by atoms with E-state index in [1.54, 1.807) is 19.1 Å². The summed E-state index contributed by atoms with van der Waals surface area (Å²) in [5, 5.41) is 15.6. The molecule has 0 atom stereocenters. The standard InChI is InChI=1S/C19H19N3O7/c1-11-4-6-14(12(2)8-11)20-19(25)21-17(23)10-29-18(24)13-5-7-16(28-3)15(9-13)22(26)27/h4-9H,10H2,1-3H3,(H2,20,21,23,25). The van der Waals surface area contributed by atoms with Gasteiger partial charge in [-0.3, -0.25) is 20.2 Å². The van der Waals surface area contributed by atoms with Crippen LogP contribution in [-0.2, 0) is 9.53 Å². The maximum absolute atomic E-state index is 12.0. The third-order valence-electron chi connectivity index (χ3n) is 3.83. The fourth-order valence-corrected chi connectivity index (χ4v) is 2.44. The first-order chi connectivity index (χ1) is 13.7. The Balaban J connectivity index is 1.91. The molecule has 0 unspecified atom stereocenters. The van der Waals surface area contributed by atoms with Crippen molar-refractivity contribution in [1.29, 1.82) is 0 Å². The first kappa shape index (κ1) is 21.4. The zero-order chi connectivity index (χ0) is 21.6. The lowest BCUT2D eigenvalue weighted by molar-refractivity contribution is -0.385. The summed E-state index contributed by atoms with van der Waals surface area (Å²) < 4.78 is 9.64. The maximum Gasteiger partial charge on any atom is 0.338 e. The van der Waals surface area contributed by atoms with Crippen LogP contribution in [0, 0.1) is 24.0 Å². The van der Waals surface area contributed by atoms with Gasteiger partial charge in [0.25, 0.3) is 5.91 Å². The van der Waals surface area contributed by atoms with Gasteiger partial charge in [0.05, 0.1) is 17.6 Å². The first-order valence-corrected chi connectivity index (χ1v) is 8.39. The predicted molar refractivity (Wildman–Crippen MR) is 103 cm³/mol. The van der Waals surface area contributed by atoms with Crippen LogP contribution in [-0.4, -0.2) is 36.5 Å². The molecule has 3 amide bonds. The Morgan fingerprint density at radius 2 is 1.83 bits per heavy atom. The Bertz CT molecular complexity index is 972. The van der Waals surface area contributed by atoms with Gasteiger partial charge in [0.1, 0.15) is 0 Å². The van der Waals surface area contributed by atoms with Crippen molar-refractivity contribution in [2.24, 2.45) is 0 Å². The molecule has 2 N–H and O–H groups in total. The minimum atomic E-state index is -0.958. The predicted octanol–water partition coefficient (Wildman–Crippen LogP) is 2.73. The molecule has 0 saturated carbocycles. The van der Waals surface area contributed by atoms with Gasteiger partial charge in [-0.15, -0.1) is 0 Å². The maximum atomic E-state index is 12.0. The molecule has 0 saturated heterocycles. The van der Waals surface area contributed by atoms with E-state index in [0.29, 0.717) is 5.69 Å². The number of benzene rings is 2. The van der Waals surface area contributed by atoms with Crippen LogP contribution in [0.25, 0.3) is 0 Å². The number of urea groups is 1. The molecule has 0 aliphatic rings. The average molecular weight is 401 g/mol. The number of esters is 1. The van der Waals surface area contributed by atoms with Crippen molar-refractivity contribution in [3.05, 3.63) is 63.2 Å². The number of ether oxygens (including phenoxy) is 2. The lowest BCUT2D eigenvalue weighted by Gasteiger charge is -2.10.